The van der Waals surface area contributed by atoms with E-state index in [9.17, 15) is 9.59 Å². The Labute approximate surface area is 160 Å². The Bertz CT molecular complexity index is 765. The number of thiazole rings is 1. The smallest absolute Gasteiger partial charge is 0.411 e. The molecular formula is C15H19ClN2O3S3. The van der Waals surface area contributed by atoms with Gasteiger partial charge in [-0.2, -0.15) is 25.3 Å². The van der Waals surface area contributed by atoms with Crippen LogP contribution in [0.15, 0.2) is 23.0 Å². The molecule has 0 aliphatic rings. The number of amides is 1. The fourth-order valence-electron chi connectivity index (χ4n) is 2.32. The van der Waals surface area contributed by atoms with Gasteiger partial charge in [-0.3, -0.25) is 14.3 Å². The molecule has 0 aliphatic carbocycles. The zero-order chi connectivity index (χ0) is 17.9. The largest absolute Gasteiger partial charge is 0.449 e. The second-order valence-corrected chi connectivity index (χ2v) is 8.19. The van der Waals surface area contributed by atoms with Crippen LogP contribution in [0.2, 0.25) is 5.02 Å². The summed E-state index contributed by atoms with van der Waals surface area (Å²) >= 11 is 15.7. The van der Waals surface area contributed by atoms with E-state index < -0.39 is 6.09 Å². The molecule has 1 aromatic heterocycles. The van der Waals surface area contributed by atoms with Gasteiger partial charge < -0.3 is 4.74 Å². The number of carbonyl (C=O) groups is 1. The van der Waals surface area contributed by atoms with E-state index in [0.29, 0.717) is 18.0 Å². The van der Waals surface area contributed by atoms with E-state index in [4.69, 9.17) is 16.3 Å². The number of thiol groups is 2. The molecular weight excluding hydrogens is 388 g/mol. The van der Waals surface area contributed by atoms with Crippen molar-refractivity contribution in [3.05, 3.63) is 32.9 Å². The van der Waals surface area contributed by atoms with E-state index in [1.807, 2.05) is 6.07 Å². The Morgan fingerprint density at radius 1 is 1.38 bits per heavy atom. The molecule has 2 rings (SSSR count). The first-order valence-corrected chi connectivity index (χ1v) is 9.64. The second-order valence-electron chi connectivity index (χ2n) is 5.27. The lowest BCUT2D eigenvalue weighted by Gasteiger charge is -2.28. The summed E-state index contributed by atoms with van der Waals surface area (Å²) in [4.78, 5) is 25.5. The minimum absolute atomic E-state index is 0.0480. The third-order valence-electron chi connectivity index (χ3n) is 3.40. The summed E-state index contributed by atoms with van der Waals surface area (Å²) in [5.74, 6) is 0. The third kappa shape index (κ3) is 4.62. The summed E-state index contributed by atoms with van der Waals surface area (Å²) in [7, 11) is 0. The Morgan fingerprint density at radius 2 is 2.04 bits per heavy atom. The summed E-state index contributed by atoms with van der Waals surface area (Å²) in [5, 5.41) is -0.00666. The lowest BCUT2D eigenvalue weighted by molar-refractivity contribution is 0.0968. The molecule has 2 atom stereocenters. The van der Waals surface area contributed by atoms with Crippen molar-refractivity contribution in [2.24, 2.45) is 0 Å². The Hall–Kier alpha value is -0.830. The minimum Gasteiger partial charge on any atom is -0.449 e. The molecule has 0 spiro atoms. The number of halogens is 1. The van der Waals surface area contributed by atoms with Gasteiger partial charge in [0.05, 0.1) is 27.6 Å². The fourth-order valence-corrected chi connectivity index (χ4v) is 4.08. The van der Waals surface area contributed by atoms with E-state index in [0.717, 1.165) is 10.2 Å². The zero-order valence-corrected chi connectivity index (χ0v) is 16.7. The molecule has 5 nitrogen and oxygen atoms in total. The van der Waals surface area contributed by atoms with Gasteiger partial charge in [0.25, 0.3) is 0 Å². The summed E-state index contributed by atoms with van der Waals surface area (Å²) in [6.45, 7) is 4.22. The molecule has 0 saturated heterocycles. The van der Waals surface area contributed by atoms with Crippen LogP contribution in [0.4, 0.5) is 4.79 Å². The Kier molecular flexibility index (Phi) is 6.91. The lowest BCUT2D eigenvalue weighted by atomic mass is 10.3. The maximum atomic E-state index is 12.1. The van der Waals surface area contributed by atoms with Crippen LogP contribution in [-0.4, -0.2) is 32.9 Å². The number of hydrogen-bond acceptors (Lipinski definition) is 6. The number of aryl methyl sites for hydroxylation is 1. The fraction of sp³-hybridized carbons (Fsp3) is 0.467. The lowest BCUT2D eigenvalue weighted by Crippen LogP contribution is -2.40. The van der Waals surface area contributed by atoms with Gasteiger partial charge in [-0.15, -0.1) is 0 Å². The van der Waals surface area contributed by atoms with Crippen LogP contribution in [0.1, 0.15) is 20.3 Å². The molecule has 1 amide bonds. The normalized spacial score (nSPS) is 13.7. The minimum atomic E-state index is -0.467. The van der Waals surface area contributed by atoms with Crippen LogP contribution in [0.25, 0.3) is 10.2 Å². The molecule has 0 bridgehead atoms. The van der Waals surface area contributed by atoms with E-state index in [2.05, 4.69) is 25.3 Å². The quantitative estimate of drug-likeness (QED) is 0.431. The van der Waals surface area contributed by atoms with Gasteiger partial charge in [0.1, 0.15) is 0 Å². The van der Waals surface area contributed by atoms with E-state index in [-0.39, 0.29) is 22.2 Å². The predicted molar refractivity (Wildman–Crippen MR) is 106 cm³/mol. The highest BCUT2D eigenvalue weighted by Crippen LogP contribution is 2.21. The summed E-state index contributed by atoms with van der Waals surface area (Å²) in [5.41, 5.74) is 0.804. The molecule has 1 aromatic carbocycles. The van der Waals surface area contributed by atoms with Crippen LogP contribution >= 0.6 is 48.2 Å². The van der Waals surface area contributed by atoms with Crippen LogP contribution in [0.5, 0.6) is 0 Å². The predicted octanol–water partition coefficient (Wildman–Crippen LogP) is 4.10. The maximum absolute atomic E-state index is 12.1. The van der Waals surface area contributed by atoms with Gasteiger partial charge in [-0.1, -0.05) is 22.9 Å². The van der Waals surface area contributed by atoms with Crippen molar-refractivity contribution in [1.82, 2.24) is 9.47 Å². The summed E-state index contributed by atoms with van der Waals surface area (Å²) < 4.78 is 7.79. The first kappa shape index (κ1) is 19.5. The zero-order valence-electron chi connectivity index (χ0n) is 13.3. The first-order chi connectivity index (χ1) is 11.3. The van der Waals surface area contributed by atoms with Crippen LogP contribution in [0.3, 0.4) is 0 Å². The number of fused-ring (bicyclic) bond motifs is 1. The topological polar surface area (TPSA) is 51.5 Å². The molecule has 0 N–H and O–H groups in total. The summed E-state index contributed by atoms with van der Waals surface area (Å²) in [6.07, 6.45) is 0.0605. The molecule has 9 heteroatoms. The van der Waals surface area contributed by atoms with Gasteiger partial charge in [0.15, 0.2) is 0 Å². The molecule has 1 heterocycles. The average Bonchev–Trinajstić information content (AvgIpc) is 2.78. The van der Waals surface area contributed by atoms with Crippen molar-refractivity contribution in [2.45, 2.75) is 37.6 Å². The van der Waals surface area contributed by atoms with E-state index in [1.54, 1.807) is 30.5 Å². The number of aromatic nitrogens is 1. The van der Waals surface area contributed by atoms with E-state index in [1.165, 1.54) is 16.2 Å². The average molecular weight is 407 g/mol. The van der Waals surface area contributed by atoms with Crippen molar-refractivity contribution >= 4 is 64.5 Å². The molecule has 0 fully saturated rings. The SMILES string of the molecule is CC(S)N(C(=O)OCCCn1c(=O)sc2ccc(Cl)cc21)C(C)S. The number of hydrogen-bond donors (Lipinski definition) is 2. The van der Waals surface area contributed by atoms with Gasteiger partial charge >= 0.3 is 11.0 Å². The number of ether oxygens (including phenoxy) is 1. The third-order valence-corrected chi connectivity index (χ3v) is 5.09. The van der Waals surface area contributed by atoms with Gasteiger partial charge in [0.2, 0.25) is 0 Å². The number of rotatable bonds is 6. The Balaban J connectivity index is 1.96. The highest BCUT2D eigenvalue weighted by Gasteiger charge is 2.22. The van der Waals surface area contributed by atoms with Crippen molar-refractivity contribution in [3.63, 3.8) is 0 Å². The molecule has 24 heavy (non-hydrogen) atoms. The van der Waals surface area contributed by atoms with Crippen molar-refractivity contribution in [1.29, 1.82) is 0 Å². The molecule has 0 radical (unpaired) electrons. The van der Waals surface area contributed by atoms with Gasteiger partial charge in [-0.25, -0.2) is 4.79 Å². The highest BCUT2D eigenvalue weighted by molar-refractivity contribution is 7.81. The van der Waals surface area contributed by atoms with Crippen molar-refractivity contribution < 1.29 is 9.53 Å². The summed E-state index contributed by atoms with van der Waals surface area (Å²) in [6, 6.07) is 5.37. The van der Waals surface area contributed by atoms with Gasteiger partial charge in [-0.05, 0) is 38.5 Å². The van der Waals surface area contributed by atoms with Crippen LogP contribution in [0, 0.1) is 0 Å². The van der Waals surface area contributed by atoms with E-state index >= 15 is 0 Å². The van der Waals surface area contributed by atoms with Crippen molar-refractivity contribution in [2.75, 3.05) is 6.61 Å². The molecule has 2 unspecified atom stereocenters. The standard InChI is InChI=1S/C15H19ClN2O3S3/c1-9(22)18(10(2)23)14(19)21-7-3-6-17-12-8-11(16)4-5-13(12)24-15(17)20/h4-5,8-10,22-23H,3,6-7H2,1-2H3. The van der Waals surface area contributed by atoms with Crippen LogP contribution < -0.4 is 4.87 Å². The number of nitrogens with zero attached hydrogens (tertiary/aromatic N) is 2. The molecule has 132 valence electrons. The Morgan fingerprint density at radius 3 is 2.67 bits per heavy atom. The molecule has 2 aromatic rings. The number of benzene rings is 1. The maximum Gasteiger partial charge on any atom is 0.411 e. The highest BCUT2D eigenvalue weighted by atomic mass is 35.5. The first-order valence-electron chi connectivity index (χ1n) is 7.41. The van der Waals surface area contributed by atoms with Crippen LogP contribution in [-0.2, 0) is 11.3 Å². The monoisotopic (exact) mass is 406 g/mol. The molecule has 0 saturated carbocycles. The second kappa shape index (κ2) is 8.51. The number of carbonyl (C=O) groups excluding carboxylic acids is 1. The molecule has 0 aliphatic heterocycles. The van der Waals surface area contributed by atoms with Crippen molar-refractivity contribution in [3.8, 4) is 0 Å². The van der Waals surface area contributed by atoms with Gasteiger partial charge in [0, 0.05) is 11.6 Å².